The molecule has 1 aromatic carbocycles. The molecule has 1 N–H and O–H groups in total. The van der Waals surface area contributed by atoms with Crippen LogP contribution in [0.3, 0.4) is 0 Å². The highest BCUT2D eigenvalue weighted by molar-refractivity contribution is 5.20. The number of benzene rings is 1. The number of hydrogen-bond donors (Lipinski definition) is 1. The van der Waals surface area contributed by atoms with E-state index in [-0.39, 0.29) is 12.1 Å². The average molecular weight is 258 g/mol. The van der Waals surface area contributed by atoms with Crippen molar-refractivity contribution in [3.8, 4) is 0 Å². The minimum absolute atomic E-state index is 0.242. The average Bonchev–Trinajstić information content (AvgIpc) is 2.75. The molecule has 0 aliphatic carbocycles. The summed E-state index contributed by atoms with van der Waals surface area (Å²) in [6, 6.07) is 11.0. The van der Waals surface area contributed by atoms with Crippen LogP contribution in [0.25, 0.3) is 0 Å². The van der Waals surface area contributed by atoms with Crippen LogP contribution in [0, 0.1) is 13.8 Å². The fourth-order valence-electron chi connectivity index (χ4n) is 2.64. The molecule has 102 valence electrons. The summed E-state index contributed by atoms with van der Waals surface area (Å²) in [5.41, 5.74) is 1.28. The second kappa shape index (κ2) is 5.97. The van der Waals surface area contributed by atoms with E-state index in [1.165, 1.54) is 5.56 Å². The summed E-state index contributed by atoms with van der Waals surface area (Å²) in [7, 11) is 2.00. The molecule has 1 aromatic heterocycles. The Hall–Kier alpha value is -1.68. The van der Waals surface area contributed by atoms with E-state index >= 15 is 0 Å². The van der Waals surface area contributed by atoms with Crippen LogP contribution in [0.2, 0.25) is 0 Å². The first-order valence-corrected chi connectivity index (χ1v) is 6.79. The number of rotatable bonds is 5. The van der Waals surface area contributed by atoms with Gasteiger partial charge < -0.3 is 5.32 Å². The molecule has 0 saturated carbocycles. The summed E-state index contributed by atoms with van der Waals surface area (Å²) < 4.78 is 2.05. The van der Waals surface area contributed by atoms with Gasteiger partial charge in [-0.1, -0.05) is 37.3 Å². The second-order valence-electron chi connectivity index (χ2n) is 4.80. The van der Waals surface area contributed by atoms with Crippen LogP contribution in [-0.2, 0) is 0 Å². The number of aryl methyl sites for hydroxylation is 2. The van der Waals surface area contributed by atoms with Gasteiger partial charge in [0.15, 0.2) is 0 Å². The maximum absolute atomic E-state index is 4.54. The molecular weight excluding hydrogens is 236 g/mol. The number of aromatic nitrogens is 3. The number of nitrogens with one attached hydrogen (secondary N) is 1. The first kappa shape index (κ1) is 13.7. The summed E-state index contributed by atoms with van der Waals surface area (Å²) in [5, 5.41) is 7.96. The molecule has 0 aliphatic heterocycles. The molecule has 0 aliphatic rings. The van der Waals surface area contributed by atoms with E-state index < -0.39 is 0 Å². The predicted octanol–water partition coefficient (Wildman–Crippen LogP) is 2.81. The molecule has 0 spiro atoms. The maximum Gasteiger partial charge on any atom is 0.147 e. The largest absolute Gasteiger partial charge is 0.311 e. The Kier molecular flexibility index (Phi) is 4.32. The van der Waals surface area contributed by atoms with Gasteiger partial charge >= 0.3 is 0 Å². The van der Waals surface area contributed by atoms with Gasteiger partial charge in [0.05, 0.1) is 12.1 Å². The molecule has 19 heavy (non-hydrogen) atoms. The lowest BCUT2D eigenvalue weighted by Crippen LogP contribution is -2.28. The molecule has 2 unspecified atom stereocenters. The van der Waals surface area contributed by atoms with Crippen molar-refractivity contribution < 1.29 is 0 Å². The van der Waals surface area contributed by atoms with Gasteiger partial charge in [-0.25, -0.2) is 9.67 Å². The molecule has 0 saturated heterocycles. The number of nitrogens with zero attached hydrogens (tertiary/aromatic N) is 3. The van der Waals surface area contributed by atoms with Crippen molar-refractivity contribution in [2.75, 3.05) is 7.05 Å². The normalized spacial score (nSPS) is 14.3. The van der Waals surface area contributed by atoms with Crippen LogP contribution in [-0.4, -0.2) is 21.8 Å². The lowest BCUT2D eigenvalue weighted by atomic mass is 9.97. The van der Waals surface area contributed by atoms with Crippen molar-refractivity contribution >= 4 is 0 Å². The maximum atomic E-state index is 4.54. The first-order valence-electron chi connectivity index (χ1n) is 6.79. The van der Waals surface area contributed by atoms with Crippen molar-refractivity contribution in [2.24, 2.45) is 0 Å². The molecule has 4 nitrogen and oxygen atoms in total. The topological polar surface area (TPSA) is 42.7 Å². The van der Waals surface area contributed by atoms with E-state index in [0.29, 0.717) is 0 Å². The zero-order valence-corrected chi connectivity index (χ0v) is 12.1. The lowest BCUT2D eigenvalue weighted by molar-refractivity contribution is 0.329. The standard InChI is InChI=1S/C15H22N4/c1-5-14(19-12(3)17-11(2)18-19)15(16-4)13-9-7-6-8-10-13/h6-10,14-16H,5H2,1-4H3. The molecule has 0 amide bonds. The van der Waals surface area contributed by atoms with E-state index in [1.54, 1.807) is 0 Å². The van der Waals surface area contributed by atoms with Crippen LogP contribution < -0.4 is 5.32 Å². The summed E-state index contributed by atoms with van der Waals surface area (Å²) >= 11 is 0. The van der Waals surface area contributed by atoms with Gasteiger partial charge in [-0.15, -0.1) is 0 Å². The smallest absolute Gasteiger partial charge is 0.147 e. The Morgan fingerprint density at radius 3 is 2.37 bits per heavy atom. The highest BCUT2D eigenvalue weighted by atomic mass is 15.4. The van der Waals surface area contributed by atoms with Gasteiger partial charge in [-0.05, 0) is 32.9 Å². The third kappa shape index (κ3) is 2.84. The van der Waals surface area contributed by atoms with Crippen molar-refractivity contribution in [1.82, 2.24) is 20.1 Å². The predicted molar refractivity (Wildman–Crippen MR) is 77.1 cm³/mol. The van der Waals surface area contributed by atoms with E-state index in [2.05, 4.69) is 46.6 Å². The van der Waals surface area contributed by atoms with E-state index in [4.69, 9.17) is 0 Å². The molecule has 2 atom stereocenters. The first-order chi connectivity index (χ1) is 9.17. The molecule has 4 heteroatoms. The van der Waals surface area contributed by atoms with Gasteiger partial charge in [-0.3, -0.25) is 0 Å². The Morgan fingerprint density at radius 2 is 1.89 bits per heavy atom. The fraction of sp³-hybridized carbons (Fsp3) is 0.467. The summed E-state index contributed by atoms with van der Waals surface area (Å²) in [6.07, 6.45) is 1.00. The van der Waals surface area contributed by atoms with Crippen LogP contribution in [0.5, 0.6) is 0 Å². The van der Waals surface area contributed by atoms with Crippen molar-refractivity contribution in [3.63, 3.8) is 0 Å². The summed E-state index contributed by atoms with van der Waals surface area (Å²) in [5.74, 6) is 1.80. The Morgan fingerprint density at radius 1 is 1.21 bits per heavy atom. The van der Waals surface area contributed by atoms with Crippen LogP contribution in [0.4, 0.5) is 0 Å². The monoisotopic (exact) mass is 258 g/mol. The second-order valence-corrected chi connectivity index (χ2v) is 4.80. The van der Waals surface area contributed by atoms with Gasteiger partial charge in [0.25, 0.3) is 0 Å². The van der Waals surface area contributed by atoms with E-state index in [0.717, 1.165) is 18.1 Å². The highest BCUT2D eigenvalue weighted by Crippen LogP contribution is 2.29. The summed E-state index contributed by atoms with van der Waals surface area (Å²) in [6.45, 7) is 6.14. The fourth-order valence-corrected chi connectivity index (χ4v) is 2.64. The van der Waals surface area contributed by atoms with Crippen LogP contribution in [0.1, 0.15) is 42.6 Å². The quantitative estimate of drug-likeness (QED) is 0.896. The molecule has 2 rings (SSSR count). The minimum atomic E-state index is 0.242. The van der Waals surface area contributed by atoms with Crippen molar-refractivity contribution in [3.05, 3.63) is 47.5 Å². The van der Waals surface area contributed by atoms with E-state index in [1.807, 2.05) is 31.6 Å². The molecular formula is C15H22N4. The highest BCUT2D eigenvalue weighted by Gasteiger charge is 2.24. The van der Waals surface area contributed by atoms with Crippen LogP contribution >= 0.6 is 0 Å². The van der Waals surface area contributed by atoms with Gasteiger partial charge in [-0.2, -0.15) is 5.10 Å². The van der Waals surface area contributed by atoms with Gasteiger partial charge in [0, 0.05) is 0 Å². The molecule has 0 radical (unpaired) electrons. The minimum Gasteiger partial charge on any atom is -0.311 e. The third-order valence-corrected chi connectivity index (χ3v) is 3.49. The van der Waals surface area contributed by atoms with E-state index in [9.17, 15) is 0 Å². The number of likely N-dealkylation sites (N-methyl/N-ethyl adjacent to an activating group) is 1. The Labute approximate surface area is 114 Å². The molecule has 2 aromatic rings. The molecule has 1 heterocycles. The Bertz CT molecular complexity index is 518. The SMILES string of the molecule is CCC(C(NC)c1ccccc1)n1nc(C)nc1C. The van der Waals surface area contributed by atoms with Gasteiger partial charge in [0.2, 0.25) is 0 Å². The zero-order chi connectivity index (χ0) is 13.8. The van der Waals surface area contributed by atoms with Gasteiger partial charge in [0.1, 0.15) is 11.6 Å². The molecule has 0 bridgehead atoms. The molecule has 0 fully saturated rings. The number of hydrogen-bond acceptors (Lipinski definition) is 3. The van der Waals surface area contributed by atoms with Crippen molar-refractivity contribution in [1.29, 1.82) is 0 Å². The van der Waals surface area contributed by atoms with Crippen LogP contribution in [0.15, 0.2) is 30.3 Å². The third-order valence-electron chi connectivity index (χ3n) is 3.49. The van der Waals surface area contributed by atoms with Crippen molar-refractivity contribution in [2.45, 2.75) is 39.3 Å². The summed E-state index contributed by atoms with van der Waals surface area (Å²) in [4.78, 5) is 4.41. The Balaban J connectivity index is 2.37. The zero-order valence-electron chi connectivity index (χ0n) is 12.1. The lowest BCUT2D eigenvalue weighted by Gasteiger charge is -2.27.